The van der Waals surface area contributed by atoms with Gasteiger partial charge in [-0.25, -0.2) is 0 Å². The van der Waals surface area contributed by atoms with Crippen LogP contribution in [-0.4, -0.2) is 53.9 Å². The maximum atomic E-state index is 13.2. The first kappa shape index (κ1) is 25.7. The first-order valence-corrected chi connectivity index (χ1v) is 13.1. The molecular weight excluding hydrogens is 492 g/mol. The molecule has 188 valence electrons. The third-order valence-corrected chi connectivity index (χ3v) is 8.21. The fraction of sp³-hybridized carbons (Fsp3) is 0.679. The Balaban J connectivity index is 0.00000274. The number of halogens is 1. The second-order valence-electron chi connectivity index (χ2n) is 10.9. The lowest BCUT2D eigenvalue weighted by atomic mass is 9.72. The molecule has 2 aromatic rings. The van der Waals surface area contributed by atoms with Crippen molar-refractivity contribution < 1.29 is 14.3 Å². The molecule has 2 fully saturated rings. The molecule has 34 heavy (non-hydrogen) atoms. The highest BCUT2D eigenvalue weighted by Gasteiger charge is 2.43. The molecule has 0 bridgehead atoms. The van der Waals surface area contributed by atoms with Crippen LogP contribution in [0.4, 0.5) is 0 Å². The first-order chi connectivity index (χ1) is 16.0. The summed E-state index contributed by atoms with van der Waals surface area (Å²) >= 11 is 0. The summed E-state index contributed by atoms with van der Waals surface area (Å²) < 4.78 is 14.1. The topological polar surface area (TPSA) is 43.7 Å². The van der Waals surface area contributed by atoms with Crippen LogP contribution >= 0.6 is 17.0 Å². The first-order valence-electron chi connectivity index (χ1n) is 13.1. The zero-order valence-corrected chi connectivity index (χ0v) is 22.9. The molecule has 0 radical (unpaired) electrons. The largest absolute Gasteiger partial charge is 0.465 e. The molecule has 5 atom stereocenters. The van der Waals surface area contributed by atoms with Gasteiger partial charge in [-0.1, -0.05) is 26.0 Å². The molecule has 0 N–H and O–H groups in total. The van der Waals surface area contributed by atoms with E-state index in [0.717, 1.165) is 51.8 Å². The minimum Gasteiger partial charge on any atom is -0.465 e. The zero-order valence-electron chi connectivity index (χ0n) is 21.2. The fourth-order valence-corrected chi connectivity index (χ4v) is 6.56. The van der Waals surface area contributed by atoms with Crippen LogP contribution in [0.3, 0.4) is 0 Å². The lowest BCUT2D eigenvalue weighted by Crippen LogP contribution is -2.52. The number of fused-ring (bicyclic) bond motifs is 2. The Morgan fingerprint density at radius 2 is 2.09 bits per heavy atom. The molecular formula is C28H41BrN2O3. The van der Waals surface area contributed by atoms with Crippen LogP contribution in [0, 0.1) is 11.8 Å². The van der Waals surface area contributed by atoms with Crippen molar-refractivity contribution in [1.29, 1.82) is 0 Å². The van der Waals surface area contributed by atoms with Crippen LogP contribution < -0.4 is 0 Å². The van der Waals surface area contributed by atoms with E-state index in [1.807, 2.05) is 0 Å². The molecule has 0 amide bonds. The Kier molecular flexibility index (Phi) is 8.10. The average Bonchev–Trinajstić information content (AvgIpc) is 3.47. The van der Waals surface area contributed by atoms with Gasteiger partial charge in [-0.05, 0) is 69.7 Å². The summed E-state index contributed by atoms with van der Waals surface area (Å²) in [6, 6.07) is 7.69. The quantitative estimate of drug-likeness (QED) is 0.416. The Morgan fingerprint density at radius 3 is 2.79 bits per heavy atom. The van der Waals surface area contributed by atoms with Crippen molar-refractivity contribution in [3.05, 3.63) is 35.5 Å². The molecule has 1 aromatic carbocycles. The number of piperidine rings is 1. The fourth-order valence-electron chi connectivity index (χ4n) is 6.56. The number of hydrogen-bond acceptors (Lipinski definition) is 4. The van der Waals surface area contributed by atoms with E-state index in [4.69, 9.17) is 9.47 Å². The third kappa shape index (κ3) is 4.70. The van der Waals surface area contributed by atoms with Crippen molar-refractivity contribution in [2.24, 2.45) is 11.8 Å². The number of benzene rings is 1. The van der Waals surface area contributed by atoms with E-state index in [1.165, 1.54) is 22.0 Å². The number of esters is 1. The lowest BCUT2D eigenvalue weighted by molar-refractivity contribution is -0.154. The van der Waals surface area contributed by atoms with Crippen LogP contribution in [-0.2, 0) is 20.7 Å². The second-order valence-corrected chi connectivity index (χ2v) is 10.9. The molecule has 1 aromatic heterocycles. The summed E-state index contributed by atoms with van der Waals surface area (Å²) in [5.74, 6) is 0.578. The van der Waals surface area contributed by atoms with E-state index in [1.54, 1.807) is 0 Å². The smallest absolute Gasteiger partial charge is 0.310 e. The molecule has 2 aliphatic heterocycles. The monoisotopic (exact) mass is 532 g/mol. The lowest BCUT2D eigenvalue weighted by Gasteiger charge is -2.46. The normalized spacial score (nSPS) is 27.4. The van der Waals surface area contributed by atoms with Gasteiger partial charge in [0.15, 0.2) is 0 Å². The van der Waals surface area contributed by atoms with E-state index in [0.29, 0.717) is 24.6 Å². The number of carbonyl (C=O) groups is 1. The van der Waals surface area contributed by atoms with Gasteiger partial charge >= 0.3 is 5.97 Å². The maximum absolute atomic E-state index is 13.2. The Bertz CT molecular complexity index is 997. The van der Waals surface area contributed by atoms with Gasteiger partial charge in [0.05, 0.1) is 18.6 Å². The second kappa shape index (κ2) is 10.7. The van der Waals surface area contributed by atoms with E-state index in [2.05, 4.69) is 61.6 Å². The predicted molar refractivity (Wildman–Crippen MR) is 142 cm³/mol. The van der Waals surface area contributed by atoms with Crippen molar-refractivity contribution in [1.82, 2.24) is 9.47 Å². The van der Waals surface area contributed by atoms with Gasteiger partial charge in [0.25, 0.3) is 0 Å². The summed E-state index contributed by atoms with van der Waals surface area (Å²) in [6.45, 7) is 12.1. The molecule has 3 aliphatic rings. The van der Waals surface area contributed by atoms with Gasteiger partial charge in [-0.3, -0.25) is 9.69 Å². The summed E-state index contributed by atoms with van der Waals surface area (Å²) in [7, 11) is 0. The van der Waals surface area contributed by atoms with Gasteiger partial charge in [0.1, 0.15) is 0 Å². The van der Waals surface area contributed by atoms with Crippen LogP contribution in [0.15, 0.2) is 24.4 Å². The van der Waals surface area contributed by atoms with E-state index in [9.17, 15) is 4.79 Å². The molecule has 0 saturated carbocycles. The zero-order chi connectivity index (χ0) is 23.1. The van der Waals surface area contributed by atoms with Gasteiger partial charge in [0, 0.05) is 54.2 Å². The van der Waals surface area contributed by atoms with Crippen molar-refractivity contribution in [3.8, 4) is 0 Å². The highest BCUT2D eigenvalue weighted by atomic mass is 79.9. The molecule has 2 saturated heterocycles. The Hall–Kier alpha value is -1.37. The molecule has 3 unspecified atom stereocenters. The van der Waals surface area contributed by atoms with Gasteiger partial charge in [0.2, 0.25) is 0 Å². The number of carbonyl (C=O) groups excluding carboxylic acids is 1. The maximum Gasteiger partial charge on any atom is 0.310 e. The van der Waals surface area contributed by atoms with Gasteiger partial charge in [-0.15, -0.1) is 17.0 Å². The average molecular weight is 534 g/mol. The molecule has 6 heteroatoms. The Labute approximate surface area is 214 Å². The molecule has 5 nitrogen and oxygen atoms in total. The highest BCUT2D eigenvalue weighted by Crippen LogP contribution is 2.46. The van der Waals surface area contributed by atoms with E-state index < -0.39 is 0 Å². The minimum atomic E-state index is -0.0570. The van der Waals surface area contributed by atoms with Crippen molar-refractivity contribution >= 4 is 33.9 Å². The van der Waals surface area contributed by atoms with Crippen LogP contribution in [0.25, 0.3) is 10.9 Å². The number of rotatable bonds is 7. The van der Waals surface area contributed by atoms with Gasteiger partial charge in [-0.2, -0.15) is 0 Å². The van der Waals surface area contributed by atoms with Gasteiger partial charge < -0.3 is 14.0 Å². The van der Waals surface area contributed by atoms with Crippen LogP contribution in [0.2, 0.25) is 0 Å². The van der Waals surface area contributed by atoms with Crippen molar-refractivity contribution in [3.63, 3.8) is 0 Å². The number of aromatic nitrogens is 1. The number of likely N-dealkylation sites (tertiary alicyclic amines) is 1. The SMILES string of the molecule is Br.CCCN1C[C@H](C(=O)OCC(C)C2CCCO2)CC2c3cccc4c3c(cn4C(C)C)C[C@H]21. The summed E-state index contributed by atoms with van der Waals surface area (Å²) in [5, 5.41) is 1.44. The van der Waals surface area contributed by atoms with E-state index in [-0.39, 0.29) is 40.9 Å². The number of ether oxygens (including phenoxy) is 2. The predicted octanol–water partition coefficient (Wildman–Crippen LogP) is 5.90. The summed E-state index contributed by atoms with van der Waals surface area (Å²) in [6.07, 6.45) is 7.89. The molecule has 0 spiro atoms. The van der Waals surface area contributed by atoms with Crippen molar-refractivity contribution in [2.45, 2.75) is 83.9 Å². The molecule has 1 aliphatic carbocycles. The van der Waals surface area contributed by atoms with Crippen LogP contribution in [0.5, 0.6) is 0 Å². The molecule has 5 rings (SSSR count). The highest BCUT2D eigenvalue weighted by molar-refractivity contribution is 8.93. The standard InChI is InChI=1S/C28H40N2O3.BrH/c1-5-11-29-15-21(28(31)33-17-19(4)26-10-7-12-32-26)13-23-22-8-6-9-24-27(22)20(14-25(23)29)16-30(24)18(2)3;/h6,8-9,16,18-19,21,23,25-26H,5,7,10-15,17H2,1-4H3;1H/t19?,21-,23?,25-,26?;/m1./s1. The third-order valence-electron chi connectivity index (χ3n) is 8.21. The number of nitrogens with zero attached hydrogens (tertiary/aromatic N) is 2. The summed E-state index contributed by atoms with van der Waals surface area (Å²) in [5.41, 5.74) is 4.25. The molecule has 3 heterocycles. The Morgan fingerprint density at radius 1 is 1.26 bits per heavy atom. The van der Waals surface area contributed by atoms with Crippen molar-refractivity contribution in [2.75, 3.05) is 26.3 Å². The van der Waals surface area contributed by atoms with E-state index >= 15 is 0 Å². The van der Waals surface area contributed by atoms with Crippen LogP contribution in [0.1, 0.15) is 76.5 Å². The minimum absolute atomic E-state index is 0. The number of hydrogen-bond donors (Lipinski definition) is 0. The summed E-state index contributed by atoms with van der Waals surface area (Å²) in [4.78, 5) is 15.8.